The van der Waals surface area contributed by atoms with Crippen molar-refractivity contribution in [3.63, 3.8) is 0 Å². The molecule has 202 valence electrons. The van der Waals surface area contributed by atoms with Crippen LogP contribution in [0.4, 0.5) is 0 Å². The Bertz CT molecular complexity index is 1230. The summed E-state index contributed by atoms with van der Waals surface area (Å²) in [7, 11) is 0. The number of fused-ring (bicyclic) bond motifs is 6. The lowest BCUT2D eigenvalue weighted by molar-refractivity contribution is -0.174. The fourth-order valence-corrected chi connectivity index (χ4v) is 10.3. The maximum absolute atomic E-state index is 12.7. The van der Waals surface area contributed by atoms with Crippen molar-refractivity contribution in [1.82, 2.24) is 9.97 Å². The smallest absolute Gasteiger partial charge is 0.260 e. The molecule has 6 rings (SSSR count). The molecule has 1 aromatic heterocycles. The second-order valence-corrected chi connectivity index (χ2v) is 14.0. The molecule has 5 nitrogen and oxygen atoms in total. The predicted octanol–water partition coefficient (Wildman–Crippen LogP) is 6.14. The minimum atomic E-state index is -0.267. The number of aliphatic hydroxyl groups is 2. The lowest BCUT2D eigenvalue weighted by Crippen LogP contribution is -2.58. The third-order valence-electron chi connectivity index (χ3n) is 12.1. The molecule has 0 bridgehead atoms. The predicted molar refractivity (Wildman–Crippen MR) is 147 cm³/mol. The summed E-state index contributed by atoms with van der Waals surface area (Å²) in [5, 5.41) is 23.0. The second-order valence-electron chi connectivity index (χ2n) is 13.5. The molecule has 6 heteroatoms. The first kappa shape index (κ1) is 25.8. The fourth-order valence-electron chi connectivity index (χ4n) is 10.0. The minimum Gasteiger partial charge on any atom is -0.393 e. The van der Waals surface area contributed by atoms with E-state index in [4.69, 9.17) is 16.6 Å². The molecule has 2 aromatic rings. The van der Waals surface area contributed by atoms with Crippen LogP contribution in [0.25, 0.3) is 10.9 Å². The highest BCUT2D eigenvalue weighted by molar-refractivity contribution is 6.35. The van der Waals surface area contributed by atoms with Crippen LogP contribution in [0.15, 0.2) is 23.0 Å². The summed E-state index contributed by atoms with van der Waals surface area (Å²) in [5.74, 6) is 4.12. The van der Waals surface area contributed by atoms with Gasteiger partial charge in [0.2, 0.25) is 0 Å². The molecule has 10 atom stereocenters. The number of aliphatic hydroxyl groups excluding tert-OH is 2. The third kappa shape index (κ3) is 4.02. The van der Waals surface area contributed by atoms with Crippen molar-refractivity contribution >= 4 is 22.5 Å². The van der Waals surface area contributed by atoms with Gasteiger partial charge in [-0.3, -0.25) is 4.79 Å². The van der Waals surface area contributed by atoms with E-state index in [2.05, 4.69) is 25.8 Å². The molecule has 0 saturated heterocycles. The number of nitrogens with zero attached hydrogens (tertiary/aromatic N) is 1. The molecular formula is C31H43ClN2O3. The quantitative estimate of drug-likeness (QED) is 0.447. The molecule has 1 unspecified atom stereocenters. The van der Waals surface area contributed by atoms with Crippen LogP contribution in [-0.2, 0) is 6.42 Å². The van der Waals surface area contributed by atoms with Crippen LogP contribution in [0.5, 0.6) is 0 Å². The van der Waals surface area contributed by atoms with Gasteiger partial charge < -0.3 is 15.2 Å². The Morgan fingerprint density at radius 3 is 2.73 bits per heavy atom. The average Bonchev–Trinajstić information content (AvgIpc) is 3.22. The van der Waals surface area contributed by atoms with E-state index >= 15 is 0 Å². The Morgan fingerprint density at radius 2 is 1.92 bits per heavy atom. The van der Waals surface area contributed by atoms with Gasteiger partial charge in [-0.25, -0.2) is 4.98 Å². The normalized spacial score (nSPS) is 42.2. The van der Waals surface area contributed by atoms with Crippen molar-refractivity contribution in [3.05, 3.63) is 39.4 Å². The monoisotopic (exact) mass is 526 g/mol. The van der Waals surface area contributed by atoms with Gasteiger partial charge in [-0.1, -0.05) is 38.4 Å². The average molecular weight is 527 g/mol. The molecule has 37 heavy (non-hydrogen) atoms. The number of H-pyrrole nitrogens is 1. The number of aryl methyl sites for hydroxylation is 1. The highest BCUT2D eigenvalue weighted by atomic mass is 35.5. The maximum atomic E-state index is 12.7. The van der Waals surface area contributed by atoms with Crippen LogP contribution in [0.3, 0.4) is 0 Å². The second kappa shape index (κ2) is 9.34. The molecule has 1 aromatic carbocycles. The summed E-state index contributed by atoms with van der Waals surface area (Å²) in [4.78, 5) is 20.3. The van der Waals surface area contributed by atoms with Gasteiger partial charge in [-0.15, -0.1) is 0 Å². The Kier molecular flexibility index (Phi) is 6.52. The van der Waals surface area contributed by atoms with Crippen LogP contribution < -0.4 is 5.56 Å². The number of nitrogens with one attached hydrogen (secondary N) is 1. The fraction of sp³-hybridized carbons (Fsp3) is 0.742. The zero-order chi connectivity index (χ0) is 26.1. The summed E-state index contributed by atoms with van der Waals surface area (Å²) in [6, 6.07) is 5.41. The Labute approximate surface area is 225 Å². The molecule has 0 amide bonds. The van der Waals surface area contributed by atoms with E-state index in [1.165, 1.54) is 25.7 Å². The summed E-state index contributed by atoms with van der Waals surface area (Å²) in [6.45, 7) is 7.22. The van der Waals surface area contributed by atoms with E-state index in [0.29, 0.717) is 51.4 Å². The van der Waals surface area contributed by atoms with Gasteiger partial charge in [0.05, 0.1) is 28.1 Å². The highest BCUT2D eigenvalue weighted by Gasteiger charge is 2.63. The van der Waals surface area contributed by atoms with Gasteiger partial charge in [-0.05, 0) is 116 Å². The molecule has 1 heterocycles. The molecule has 0 radical (unpaired) electrons. The van der Waals surface area contributed by atoms with Gasteiger partial charge in [-0.2, -0.15) is 0 Å². The summed E-state index contributed by atoms with van der Waals surface area (Å²) >= 11 is 6.23. The van der Waals surface area contributed by atoms with E-state index in [9.17, 15) is 15.0 Å². The van der Waals surface area contributed by atoms with Crippen LogP contribution in [-0.4, -0.2) is 32.4 Å². The largest absolute Gasteiger partial charge is 0.393 e. The third-order valence-corrected chi connectivity index (χ3v) is 12.4. The van der Waals surface area contributed by atoms with Crippen molar-refractivity contribution < 1.29 is 10.2 Å². The number of halogens is 1. The summed E-state index contributed by atoms with van der Waals surface area (Å²) in [5.41, 5.74) is 0.708. The Morgan fingerprint density at radius 1 is 1.11 bits per heavy atom. The summed E-state index contributed by atoms with van der Waals surface area (Å²) < 4.78 is 0. The van der Waals surface area contributed by atoms with E-state index < -0.39 is 0 Å². The topological polar surface area (TPSA) is 86.2 Å². The number of aromatic amines is 1. The van der Waals surface area contributed by atoms with E-state index in [-0.39, 0.29) is 28.6 Å². The van der Waals surface area contributed by atoms with Gasteiger partial charge in [0.25, 0.3) is 5.56 Å². The minimum absolute atomic E-state index is 0.0459. The van der Waals surface area contributed by atoms with Crippen molar-refractivity contribution in [2.75, 3.05) is 0 Å². The van der Waals surface area contributed by atoms with Crippen molar-refractivity contribution in [3.8, 4) is 0 Å². The molecule has 0 aliphatic heterocycles. The Balaban J connectivity index is 1.19. The van der Waals surface area contributed by atoms with E-state index in [1.807, 2.05) is 12.1 Å². The molecule has 4 aliphatic rings. The lowest BCUT2D eigenvalue weighted by Gasteiger charge is -2.62. The molecule has 3 N–H and O–H groups in total. The van der Waals surface area contributed by atoms with Crippen molar-refractivity contribution in [2.45, 2.75) is 97.2 Å². The first-order valence-electron chi connectivity index (χ1n) is 14.7. The van der Waals surface area contributed by atoms with E-state index in [1.54, 1.807) is 6.07 Å². The zero-order valence-corrected chi connectivity index (χ0v) is 23.3. The molecule has 0 spiro atoms. The van der Waals surface area contributed by atoms with Gasteiger partial charge in [0.15, 0.2) is 0 Å². The van der Waals surface area contributed by atoms with E-state index in [0.717, 1.165) is 44.3 Å². The highest BCUT2D eigenvalue weighted by Crippen LogP contribution is 2.68. The van der Waals surface area contributed by atoms with Gasteiger partial charge >= 0.3 is 0 Å². The maximum Gasteiger partial charge on any atom is 0.260 e. The SMILES string of the molecule is C[C@H](CCc1nc2cccc(Cl)c2c(=O)[nH]1)[C@H]1CC[C@H]2[C@@H]3CC[C@@H]4C[C@H](O)CC[C@]4(C)C3C[C@H](O)[C@]12C. The molecule has 4 fully saturated rings. The first-order valence-corrected chi connectivity index (χ1v) is 15.0. The number of aromatic nitrogens is 2. The Hall–Kier alpha value is -1.43. The van der Waals surface area contributed by atoms with Crippen LogP contribution in [0.1, 0.15) is 84.4 Å². The summed E-state index contributed by atoms with van der Waals surface area (Å²) in [6.07, 6.45) is 10.1. The van der Waals surface area contributed by atoms with Crippen LogP contribution >= 0.6 is 11.6 Å². The van der Waals surface area contributed by atoms with Crippen molar-refractivity contribution in [2.24, 2.45) is 46.3 Å². The van der Waals surface area contributed by atoms with Crippen LogP contribution in [0, 0.1) is 46.3 Å². The zero-order valence-electron chi connectivity index (χ0n) is 22.5. The van der Waals surface area contributed by atoms with Crippen LogP contribution in [0.2, 0.25) is 5.02 Å². The molecule has 4 aliphatic carbocycles. The standard InChI is InChI=1S/C31H43ClN2O3/c1-17(7-12-27-33-25-6-4-5-24(32)28(25)29(37)34-27)21-10-11-22-20-9-8-18-15-19(35)13-14-30(18,2)23(20)16-26(36)31(21,22)3/h4-6,17-23,26,35-36H,7-16H2,1-3H3,(H,33,34,37)/t17-,18-,19-,20+,21-,22+,23?,26+,30+,31-/m1/s1. The lowest BCUT2D eigenvalue weighted by atomic mass is 9.43. The first-order chi connectivity index (χ1) is 17.6. The van der Waals surface area contributed by atoms with Gasteiger partial charge in [0.1, 0.15) is 5.82 Å². The van der Waals surface area contributed by atoms with Gasteiger partial charge in [0, 0.05) is 6.42 Å². The van der Waals surface area contributed by atoms with Crippen molar-refractivity contribution in [1.29, 1.82) is 0 Å². The number of hydrogen-bond donors (Lipinski definition) is 3. The number of hydrogen-bond acceptors (Lipinski definition) is 4. The number of benzene rings is 1. The number of rotatable bonds is 4. The molecular weight excluding hydrogens is 484 g/mol. The molecule has 4 saturated carbocycles.